The predicted octanol–water partition coefficient (Wildman–Crippen LogP) is 5.39. The monoisotopic (exact) mass is 503 g/mol. The second-order valence-electron chi connectivity index (χ2n) is 8.96. The van der Waals surface area contributed by atoms with Crippen LogP contribution < -0.4 is 4.90 Å². The molecule has 1 saturated heterocycles. The Kier molecular flexibility index (Phi) is 8.06. The standard InChI is InChI=1S/C29H30ClN3O3/c1-3-4-17-31(29(36)24-15-13-23(14-16-24)22-9-6-5-7-10-22)18-27(34)32-19-28(35)33(20-32)26-12-8-11-25(30)21(26)2/h5-16H,3-4,17-20H2,1-2H3. The smallest absolute Gasteiger partial charge is 0.254 e. The molecule has 0 radical (unpaired) electrons. The zero-order valence-electron chi connectivity index (χ0n) is 20.6. The highest BCUT2D eigenvalue weighted by Gasteiger charge is 2.33. The van der Waals surface area contributed by atoms with Crippen molar-refractivity contribution in [1.82, 2.24) is 9.80 Å². The Hall–Kier alpha value is -3.64. The van der Waals surface area contributed by atoms with Crippen LogP contribution in [-0.2, 0) is 9.59 Å². The molecule has 7 heteroatoms. The second kappa shape index (κ2) is 11.4. The van der Waals surface area contributed by atoms with Gasteiger partial charge >= 0.3 is 0 Å². The van der Waals surface area contributed by atoms with Crippen LogP contribution in [-0.4, -0.2) is 53.8 Å². The molecule has 6 nitrogen and oxygen atoms in total. The summed E-state index contributed by atoms with van der Waals surface area (Å²) < 4.78 is 0. The number of nitrogens with zero attached hydrogens (tertiary/aromatic N) is 3. The molecule has 3 amide bonds. The third-order valence-corrected chi connectivity index (χ3v) is 6.87. The normalized spacial score (nSPS) is 13.2. The Morgan fingerprint density at radius 3 is 2.33 bits per heavy atom. The number of halogens is 1. The summed E-state index contributed by atoms with van der Waals surface area (Å²) in [5.74, 6) is -0.614. The molecule has 0 spiro atoms. The average Bonchev–Trinajstić information content (AvgIpc) is 3.29. The summed E-state index contributed by atoms with van der Waals surface area (Å²) in [7, 11) is 0. The van der Waals surface area contributed by atoms with E-state index in [9.17, 15) is 14.4 Å². The van der Waals surface area contributed by atoms with Crippen LogP contribution in [0.3, 0.4) is 0 Å². The summed E-state index contributed by atoms with van der Waals surface area (Å²) in [4.78, 5) is 43.9. The van der Waals surface area contributed by atoms with Crippen LogP contribution in [0.4, 0.5) is 5.69 Å². The molecule has 0 bridgehead atoms. The average molecular weight is 504 g/mol. The maximum Gasteiger partial charge on any atom is 0.254 e. The summed E-state index contributed by atoms with van der Waals surface area (Å²) in [5.41, 5.74) is 4.12. The number of anilines is 1. The van der Waals surface area contributed by atoms with Crippen LogP contribution in [0.1, 0.15) is 35.7 Å². The van der Waals surface area contributed by atoms with Gasteiger partial charge in [-0.1, -0.05) is 73.5 Å². The first-order chi connectivity index (χ1) is 17.4. The van der Waals surface area contributed by atoms with Gasteiger partial charge in [-0.3, -0.25) is 19.3 Å². The lowest BCUT2D eigenvalue weighted by atomic mass is 10.0. The van der Waals surface area contributed by atoms with Gasteiger partial charge in [0.25, 0.3) is 5.91 Å². The Morgan fingerprint density at radius 2 is 1.64 bits per heavy atom. The highest BCUT2D eigenvalue weighted by molar-refractivity contribution is 6.31. The maximum atomic E-state index is 13.3. The first-order valence-corrected chi connectivity index (χ1v) is 12.5. The number of amides is 3. The van der Waals surface area contributed by atoms with Gasteiger partial charge in [0.2, 0.25) is 11.8 Å². The van der Waals surface area contributed by atoms with E-state index >= 15 is 0 Å². The highest BCUT2D eigenvalue weighted by atomic mass is 35.5. The first-order valence-electron chi connectivity index (χ1n) is 12.2. The van der Waals surface area contributed by atoms with E-state index in [1.807, 2.05) is 62.4 Å². The van der Waals surface area contributed by atoms with Gasteiger partial charge in [0.05, 0.1) is 0 Å². The molecule has 1 aliphatic rings. The van der Waals surface area contributed by atoms with Crippen molar-refractivity contribution < 1.29 is 14.4 Å². The van der Waals surface area contributed by atoms with E-state index in [-0.39, 0.29) is 37.5 Å². The molecule has 0 N–H and O–H groups in total. The van der Waals surface area contributed by atoms with Crippen LogP contribution >= 0.6 is 11.6 Å². The number of hydrogen-bond acceptors (Lipinski definition) is 3. The SMILES string of the molecule is CCCCN(CC(=O)N1CC(=O)N(c2cccc(Cl)c2C)C1)C(=O)c1ccc(-c2ccccc2)cc1. The molecule has 0 saturated carbocycles. The van der Waals surface area contributed by atoms with Gasteiger partial charge in [-0.05, 0) is 54.3 Å². The van der Waals surface area contributed by atoms with Crippen LogP contribution in [0.5, 0.6) is 0 Å². The molecule has 0 unspecified atom stereocenters. The molecule has 0 aromatic heterocycles. The lowest BCUT2D eigenvalue weighted by Crippen LogP contribution is -2.43. The van der Waals surface area contributed by atoms with E-state index in [2.05, 4.69) is 0 Å². The van der Waals surface area contributed by atoms with E-state index in [1.54, 1.807) is 34.1 Å². The number of carbonyl (C=O) groups excluding carboxylic acids is 3. The number of carbonyl (C=O) groups is 3. The van der Waals surface area contributed by atoms with Gasteiger partial charge < -0.3 is 9.80 Å². The molecule has 1 heterocycles. The minimum atomic E-state index is -0.254. The molecule has 3 aromatic rings. The largest absolute Gasteiger partial charge is 0.329 e. The lowest BCUT2D eigenvalue weighted by Gasteiger charge is -2.25. The number of rotatable bonds is 8. The van der Waals surface area contributed by atoms with Crippen molar-refractivity contribution in [1.29, 1.82) is 0 Å². The van der Waals surface area contributed by atoms with E-state index in [0.29, 0.717) is 22.8 Å². The Morgan fingerprint density at radius 1 is 0.944 bits per heavy atom. The number of hydrogen-bond donors (Lipinski definition) is 0. The summed E-state index contributed by atoms with van der Waals surface area (Å²) in [6, 6.07) is 22.8. The number of unbranched alkanes of at least 4 members (excludes halogenated alkanes) is 1. The van der Waals surface area contributed by atoms with Crippen molar-refractivity contribution in [2.75, 3.05) is 31.2 Å². The fourth-order valence-corrected chi connectivity index (χ4v) is 4.47. The maximum absolute atomic E-state index is 13.3. The van der Waals surface area contributed by atoms with E-state index in [4.69, 9.17) is 11.6 Å². The Labute approximate surface area is 217 Å². The van der Waals surface area contributed by atoms with E-state index < -0.39 is 0 Å². The lowest BCUT2D eigenvalue weighted by molar-refractivity contribution is -0.132. The van der Waals surface area contributed by atoms with Crippen molar-refractivity contribution in [3.63, 3.8) is 0 Å². The zero-order chi connectivity index (χ0) is 25.7. The van der Waals surface area contributed by atoms with Crippen LogP contribution in [0.2, 0.25) is 5.02 Å². The van der Waals surface area contributed by atoms with Gasteiger partial charge in [-0.15, -0.1) is 0 Å². The van der Waals surface area contributed by atoms with Gasteiger partial charge in [0.15, 0.2) is 0 Å². The summed E-state index contributed by atoms with van der Waals surface area (Å²) >= 11 is 6.23. The van der Waals surface area contributed by atoms with Gasteiger partial charge in [0.1, 0.15) is 19.8 Å². The molecule has 3 aromatic carbocycles. The zero-order valence-corrected chi connectivity index (χ0v) is 21.4. The third kappa shape index (κ3) is 5.60. The highest BCUT2D eigenvalue weighted by Crippen LogP contribution is 2.29. The molecular formula is C29H30ClN3O3. The quantitative estimate of drug-likeness (QED) is 0.414. The molecule has 1 aliphatic heterocycles. The molecule has 186 valence electrons. The molecule has 1 fully saturated rings. The van der Waals surface area contributed by atoms with Crippen molar-refractivity contribution in [3.05, 3.63) is 88.9 Å². The topological polar surface area (TPSA) is 60.9 Å². The predicted molar refractivity (Wildman–Crippen MR) is 143 cm³/mol. The Balaban J connectivity index is 1.46. The minimum Gasteiger partial charge on any atom is -0.329 e. The van der Waals surface area contributed by atoms with Crippen LogP contribution in [0.25, 0.3) is 11.1 Å². The third-order valence-electron chi connectivity index (χ3n) is 6.46. The first kappa shape index (κ1) is 25.5. The molecule has 36 heavy (non-hydrogen) atoms. The van der Waals surface area contributed by atoms with Crippen molar-refractivity contribution in [3.8, 4) is 11.1 Å². The van der Waals surface area contributed by atoms with Gasteiger partial charge in [-0.25, -0.2) is 0 Å². The molecule has 0 aliphatic carbocycles. The minimum absolute atomic E-state index is 0.0215. The van der Waals surface area contributed by atoms with Gasteiger partial charge in [0, 0.05) is 22.8 Å². The molecule has 0 atom stereocenters. The van der Waals surface area contributed by atoms with Crippen molar-refractivity contribution >= 4 is 35.0 Å². The fourth-order valence-electron chi connectivity index (χ4n) is 4.30. The number of benzene rings is 3. The van der Waals surface area contributed by atoms with Crippen molar-refractivity contribution in [2.45, 2.75) is 26.7 Å². The van der Waals surface area contributed by atoms with Crippen LogP contribution in [0, 0.1) is 6.92 Å². The summed E-state index contributed by atoms with van der Waals surface area (Å²) in [6.45, 7) is 4.41. The van der Waals surface area contributed by atoms with Crippen molar-refractivity contribution in [2.24, 2.45) is 0 Å². The van der Waals surface area contributed by atoms with Crippen LogP contribution in [0.15, 0.2) is 72.8 Å². The fraction of sp³-hybridized carbons (Fsp3) is 0.276. The Bertz CT molecular complexity index is 1240. The van der Waals surface area contributed by atoms with Gasteiger partial charge in [-0.2, -0.15) is 0 Å². The molecular weight excluding hydrogens is 474 g/mol. The van der Waals surface area contributed by atoms with E-state index in [1.165, 1.54) is 4.90 Å². The van der Waals surface area contributed by atoms with E-state index in [0.717, 1.165) is 29.5 Å². The summed E-state index contributed by atoms with van der Waals surface area (Å²) in [6.07, 6.45) is 1.68. The summed E-state index contributed by atoms with van der Waals surface area (Å²) in [5, 5.41) is 0.569. The molecule has 4 rings (SSSR count). The second-order valence-corrected chi connectivity index (χ2v) is 9.37.